The lowest BCUT2D eigenvalue weighted by Gasteiger charge is -2.04. The van der Waals surface area contributed by atoms with Crippen LogP contribution in [-0.2, 0) is 4.79 Å². The molecule has 0 bridgehead atoms. The van der Waals surface area contributed by atoms with Crippen LogP contribution in [0.5, 0.6) is 5.75 Å². The maximum atomic E-state index is 12.2. The molecular formula is C21H15ClN2O3S. The molecule has 5 nitrogen and oxygen atoms in total. The van der Waals surface area contributed by atoms with Gasteiger partial charge in [0.25, 0.3) is 5.91 Å². The number of ether oxygens (including phenoxy) is 1. The highest BCUT2D eigenvalue weighted by Gasteiger charge is 2.24. The molecule has 1 fully saturated rings. The zero-order chi connectivity index (χ0) is 19.5. The van der Waals surface area contributed by atoms with Crippen LogP contribution < -0.4 is 10.1 Å². The zero-order valence-electron chi connectivity index (χ0n) is 14.8. The second kappa shape index (κ2) is 7.96. The number of thioether (sulfide) groups is 1. The minimum atomic E-state index is -0.204. The van der Waals surface area contributed by atoms with E-state index in [9.17, 15) is 4.79 Å². The van der Waals surface area contributed by atoms with Crippen LogP contribution in [0.15, 0.2) is 75.0 Å². The SMILES string of the molecule is COc1ccc(-c2ccc(/C=C3/SC(=Nc4ccccc4)NC3=O)o2)cc1Cl. The highest BCUT2D eigenvalue weighted by molar-refractivity contribution is 8.18. The van der Waals surface area contributed by atoms with Gasteiger partial charge in [-0.25, -0.2) is 4.99 Å². The molecule has 1 N–H and O–H groups in total. The molecule has 3 aromatic rings. The number of carbonyl (C=O) groups is 1. The van der Waals surface area contributed by atoms with E-state index >= 15 is 0 Å². The van der Waals surface area contributed by atoms with E-state index in [-0.39, 0.29) is 5.91 Å². The van der Waals surface area contributed by atoms with Crippen molar-refractivity contribution in [2.75, 3.05) is 7.11 Å². The number of halogens is 1. The van der Waals surface area contributed by atoms with Gasteiger partial charge in [-0.3, -0.25) is 4.79 Å². The lowest BCUT2D eigenvalue weighted by Crippen LogP contribution is -2.19. The molecule has 1 aliphatic heterocycles. The van der Waals surface area contributed by atoms with Gasteiger partial charge in [0.15, 0.2) is 5.17 Å². The molecule has 1 saturated heterocycles. The Hall–Kier alpha value is -2.96. The summed E-state index contributed by atoms with van der Waals surface area (Å²) in [6.07, 6.45) is 1.70. The Kier molecular flexibility index (Phi) is 5.23. The first-order chi connectivity index (χ1) is 13.6. The van der Waals surface area contributed by atoms with Crippen molar-refractivity contribution in [2.24, 2.45) is 4.99 Å². The number of carbonyl (C=O) groups excluding carboxylic acids is 1. The Morgan fingerprint density at radius 3 is 2.71 bits per heavy atom. The molecule has 7 heteroatoms. The van der Waals surface area contributed by atoms with Crippen molar-refractivity contribution in [3.8, 4) is 17.1 Å². The minimum Gasteiger partial charge on any atom is -0.495 e. The van der Waals surface area contributed by atoms with Crippen molar-refractivity contribution in [2.45, 2.75) is 0 Å². The number of para-hydroxylation sites is 1. The van der Waals surface area contributed by atoms with E-state index in [4.69, 9.17) is 20.8 Å². The topological polar surface area (TPSA) is 63.8 Å². The van der Waals surface area contributed by atoms with Gasteiger partial charge < -0.3 is 14.5 Å². The average Bonchev–Trinajstić information content (AvgIpc) is 3.29. The fourth-order valence-electron chi connectivity index (χ4n) is 2.63. The number of hydrogen-bond donors (Lipinski definition) is 1. The number of amidine groups is 1. The minimum absolute atomic E-state index is 0.204. The number of hydrogen-bond acceptors (Lipinski definition) is 5. The number of nitrogens with zero attached hydrogens (tertiary/aromatic N) is 1. The summed E-state index contributed by atoms with van der Waals surface area (Å²) in [6.45, 7) is 0. The summed E-state index contributed by atoms with van der Waals surface area (Å²) >= 11 is 7.45. The molecule has 0 saturated carbocycles. The van der Waals surface area contributed by atoms with Crippen molar-refractivity contribution in [1.29, 1.82) is 0 Å². The van der Waals surface area contributed by atoms with E-state index in [2.05, 4.69) is 10.3 Å². The number of furan rings is 1. The van der Waals surface area contributed by atoms with E-state index in [0.717, 1.165) is 11.3 Å². The third-order valence-corrected chi connectivity index (χ3v) is 5.18. The van der Waals surface area contributed by atoms with Crippen LogP contribution in [0.2, 0.25) is 5.02 Å². The van der Waals surface area contributed by atoms with E-state index < -0.39 is 0 Å². The molecule has 140 valence electrons. The van der Waals surface area contributed by atoms with Gasteiger partial charge in [0.1, 0.15) is 17.3 Å². The molecule has 0 atom stereocenters. The van der Waals surface area contributed by atoms with Crippen molar-refractivity contribution in [1.82, 2.24) is 5.32 Å². The van der Waals surface area contributed by atoms with Gasteiger partial charge in [0.05, 0.1) is 22.7 Å². The average molecular weight is 411 g/mol. The van der Waals surface area contributed by atoms with E-state index in [0.29, 0.717) is 32.4 Å². The van der Waals surface area contributed by atoms with Gasteiger partial charge in [0.2, 0.25) is 0 Å². The quantitative estimate of drug-likeness (QED) is 0.577. The van der Waals surface area contributed by atoms with Crippen molar-refractivity contribution in [3.05, 3.63) is 76.4 Å². The van der Waals surface area contributed by atoms with Gasteiger partial charge >= 0.3 is 0 Å². The molecule has 0 unspecified atom stereocenters. The highest BCUT2D eigenvalue weighted by atomic mass is 35.5. The van der Waals surface area contributed by atoms with E-state index in [1.165, 1.54) is 11.8 Å². The second-order valence-electron chi connectivity index (χ2n) is 5.87. The van der Waals surface area contributed by atoms with Crippen molar-refractivity contribution >= 4 is 46.2 Å². The normalized spacial score (nSPS) is 16.6. The van der Waals surface area contributed by atoms with Crippen LogP contribution >= 0.6 is 23.4 Å². The summed E-state index contributed by atoms with van der Waals surface area (Å²) in [5, 5.41) is 3.81. The maximum absolute atomic E-state index is 12.2. The summed E-state index contributed by atoms with van der Waals surface area (Å²) in [5.41, 5.74) is 1.61. The third-order valence-electron chi connectivity index (χ3n) is 3.97. The van der Waals surface area contributed by atoms with Crippen LogP contribution in [0.4, 0.5) is 5.69 Å². The van der Waals surface area contributed by atoms with Gasteiger partial charge in [0, 0.05) is 11.6 Å². The van der Waals surface area contributed by atoms with Gasteiger partial charge in [-0.15, -0.1) is 0 Å². The summed E-state index contributed by atoms with van der Waals surface area (Å²) < 4.78 is 11.0. The zero-order valence-corrected chi connectivity index (χ0v) is 16.4. The standard InChI is InChI=1S/C21H15ClN2O3S/c1-26-18-9-7-13(11-16(18)22)17-10-8-15(27-17)12-19-20(25)24-21(28-19)23-14-5-3-2-4-6-14/h2-12H,1H3,(H,23,24,25)/b19-12+. The summed E-state index contributed by atoms with van der Waals surface area (Å²) in [7, 11) is 1.57. The smallest absolute Gasteiger partial charge is 0.264 e. The van der Waals surface area contributed by atoms with Crippen LogP contribution in [0, 0.1) is 0 Å². The number of methoxy groups -OCH3 is 1. The molecule has 1 aliphatic rings. The molecular weight excluding hydrogens is 396 g/mol. The first-order valence-corrected chi connectivity index (χ1v) is 9.60. The maximum Gasteiger partial charge on any atom is 0.264 e. The van der Waals surface area contributed by atoms with Gasteiger partial charge in [-0.05, 0) is 54.2 Å². The first kappa shape index (κ1) is 18.4. The molecule has 2 heterocycles. The Labute approximate surface area is 171 Å². The monoisotopic (exact) mass is 410 g/mol. The Morgan fingerprint density at radius 2 is 1.96 bits per heavy atom. The molecule has 0 aliphatic carbocycles. The largest absolute Gasteiger partial charge is 0.495 e. The van der Waals surface area contributed by atoms with E-state index in [1.807, 2.05) is 42.5 Å². The highest BCUT2D eigenvalue weighted by Crippen LogP contribution is 2.33. The van der Waals surface area contributed by atoms with Crippen LogP contribution in [0.3, 0.4) is 0 Å². The molecule has 1 amide bonds. The third kappa shape index (κ3) is 3.98. The number of aliphatic imine (C=N–C) groups is 1. The summed E-state index contributed by atoms with van der Waals surface area (Å²) in [5.74, 6) is 1.62. The summed E-state index contributed by atoms with van der Waals surface area (Å²) in [6, 6.07) is 18.5. The number of rotatable bonds is 4. The lowest BCUT2D eigenvalue weighted by molar-refractivity contribution is -0.115. The van der Waals surface area contributed by atoms with Gasteiger partial charge in [-0.1, -0.05) is 29.8 Å². The molecule has 4 rings (SSSR count). The van der Waals surface area contributed by atoms with Crippen LogP contribution in [0.1, 0.15) is 5.76 Å². The predicted molar refractivity (Wildman–Crippen MR) is 113 cm³/mol. The van der Waals surface area contributed by atoms with Gasteiger partial charge in [-0.2, -0.15) is 0 Å². The Balaban J connectivity index is 1.54. The summed E-state index contributed by atoms with van der Waals surface area (Å²) in [4.78, 5) is 17.2. The lowest BCUT2D eigenvalue weighted by atomic mass is 10.2. The van der Waals surface area contributed by atoms with E-state index in [1.54, 1.807) is 31.4 Å². The Bertz CT molecular complexity index is 1090. The first-order valence-electron chi connectivity index (χ1n) is 8.41. The fraction of sp³-hybridized carbons (Fsp3) is 0.0476. The Morgan fingerprint density at radius 1 is 1.14 bits per heavy atom. The second-order valence-corrected chi connectivity index (χ2v) is 7.31. The van der Waals surface area contributed by atoms with Crippen molar-refractivity contribution in [3.63, 3.8) is 0 Å². The number of nitrogens with one attached hydrogen (secondary N) is 1. The molecule has 0 radical (unpaired) electrons. The van der Waals surface area contributed by atoms with Crippen LogP contribution in [-0.4, -0.2) is 18.2 Å². The molecule has 2 aromatic carbocycles. The number of benzene rings is 2. The molecule has 1 aromatic heterocycles. The predicted octanol–water partition coefficient (Wildman–Crippen LogP) is 5.50. The number of amides is 1. The molecule has 28 heavy (non-hydrogen) atoms. The molecule has 0 spiro atoms. The fourth-order valence-corrected chi connectivity index (χ4v) is 3.71. The van der Waals surface area contributed by atoms with Crippen molar-refractivity contribution < 1.29 is 13.9 Å². The van der Waals surface area contributed by atoms with Crippen LogP contribution in [0.25, 0.3) is 17.4 Å².